The van der Waals surface area contributed by atoms with Crippen molar-refractivity contribution in [2.75, 3.05) is 0 Å². The smallest absolute Gasteiger partial charge is 0.231 e. The van der Waals surface area contributed by atoms with Crippen molar-refractivity contribution in [3.05, 3.63) is 65.8 Å². The van der Waals surface area contributed by atoms with Crippen molar-refractivity contribution < 1.29 is 19.1 Å². The van der Waals surface area contributed by atoms with Crippen molar-refractivity contribution in [2.45, 2.75) is 0 Å². The lowest BCUT2D eigenvalue weighted by atomic mass is 10.1. The van der Waals surface area contributed by atoms with Crippen LogP contribution in [0.3, 0.4) is 0 Å². The third kappa shape index (κ3) is 2.15. The molecule has 2 heterocycles. The summed E-state index contributed by atoms with van der Waals surface area (Å²) in [5, 5.41) is 9.33. The molecule has 0 aliphatic carbocycles. The molecule has 0 fully saturated rings. The summed E-state index contributed by atoms with van der Waals surface area (Å²) in [6.07, 6.45) is 6.55. The molecule has 2 aromatic rings. The fraction of sp³-hybridized carbons (Fsp3) is 0. The van der Waals surface area contributed by atoms with Crippen LogP contribution in [0, 0.1) is 0 Å². The van der Waals surface area contributed by atoms with Crippen LogP contribution in [-0.4, -0.2) is 10.9 Å². The largest absolute Gasteiger partial charge is 0.508 e. The van der Waals surface area contributed by atoms with E-state index in [2.05, 4.69) is 0 Å². The Morgan fingerprint density at radius 3 is 2.89 bits per heavy atom. The Bertz CT molecular complexity index is 678. The van der Waals surface area contributed by atoms with Gasteiger partial charge >= 0.3 is 0 Å². The third-order valence-corrected chi connectivity index (χ3v) is 2.70. The standard InChI is InChI=1S/C15H10O4/c16-10-6-7-12-14(9-10)19-13(15(12)17)5-1-3-11-4-2-8-18-11/h1-9,16H/b3-1+,13-5-. The van der Waals surface area contributed by atoms with E-state index in [1.54, 1.807) is 42.7 Å². The number of hydrogen-bond acceptors (Lipinski definition) is 4. The molecule has 94 valence electrons. The summed E-state index contributed by atoms with van der Waals surface area (Å²) >= 11 is 0. The van der Waals surface area contributed by atoms with E-state index in [1.165, 1.54) is 12.1 Å². The zero-order valence-electron chi connectivity index (χ0n) is 9.87. The van der Waals surface area contributed by atoms with Crippen LogP contribution in [0.5, 0.6) is 11.5 Å². The first kappa shape index (κ1) is 11.3. The molecule has 0 atom stereocenters. The number of carbonyl (C=O) groups is 1. The van der Waals surface area contributed by atoms with Crippen LogP contribution in [0.1, 0.15) is 16.1 Å². The summed E-state index contributed by atoms with van der Waals surface area (Å²) in [7, 11) is 0. The molecule has 1 aliphatic rings. The number of carbonyl (C=O) groups excluding carboxylic acids is 1. The lowest BCUT2D eigenvalue weighted by molar-refractivity contribution is 0.101. The van der Waals surface area contributed by atoms with E-state index in [4.69, 9.17) is 9.15 Å². The van der Waals surface area contributed by atoms with Gasteiger partial charge < -0.3 is 14.3 Å². The highest BCUT2D eigenvalue weighted by molar-refractivity contribution is 6.12. The predicted molar refractivity (Wildman–Crippen MR) is 68.9 cm³/mol. The number of ether oxygens (including phenoxy) is 1. The number of hydrogen-bond donors (Lipinski definition) is 1. The second kappa shape index (κ2) is 4.49. The molecule has 0 spiro atoms. The molecule has 1 aromatic heterocycles. The molecule has 0 saturated heterocycles. The molecule has 19 heavy (non-hydrogen) atoms. The molecular weight excluding hydrogens is 244 g/mol. The average Bonchev–Trinajstić information content (AvgIpc) is 2.99. The number of benzene rings is 1. The minimum absolute atomic E-state index is 0.0685. The predicted octanol–water partition coefficient (Wildman–Crippen LogP) is 3.16. The van der Waals surface area contributed by atoms with Crippen LogP contribution in [0.15, 0.2) is 58.9 Å². The summed E-state index contributed by atoms with van der Waals surface area (Å²) in [5.41, 5.74) is 0.454. The van der Waals surface area contributed by atoms with Gasteiger partial charge in [0.1, 0.15) is 17.3 Å². The number of aromatic hydroxyl groups is 1. The average molecular weight is 254 g/mol. The number of Topliss-reactive ketones (excluding diaryl/α,β-unsaturated/α-hetero) is 1. The summed E-state index contributed by atoms with van der Waals surface area (Å²) < 4.78 is 10.5. The summed E-state index contributed by atoms with van der Waals surface area (Å²) in [6.45, 7) is 0. The molecule has 0 radical (unpaired) electrons. The number of ketones is 1. The first-order valence-corrected chi connectivity index (χ1v) is 5.71. The maximum Gasteiger partial charge on any atom is 0.231 e. The zero-order chi connectivity index (χ0) is 13.2. The lowest BCUT2D eigenvalue weighted by Crippen LogP contribution is -1.97. The normalized spacial score (nSPS) is 16.0. The minimum atomic E-state index is -0.195. The molecule has 3 rings (SSSR count). The van der Waals surface area contributed by atoms with Crippen molar-refractivity contribution in [1.29, 1.82) is 0 Å². The fourth-order valence-electron chi connectivity index (χ4n) is 1.81. The summed E-state index contributed by atoms with van der Waals surface area (Å²) in [6, 6.07) is 8.01. The van der Waals surface area contributed by atoms with Crippen molar-refractivity contribution >= 4 is 11.9 Å². The van der Waals surface area contributed by atoms with E-state index in [1.807, 2.05) is 0 Å². The lowest BCUT2D eigenvalue weighted by Gasteiger charge is -1.96. The molecule has 0 saturated carbocycles. The molecule has 0 bridgehead atoms. The van der Waals surface area contributed by atoms with Gasteiger partial charge in [-0.15, -0.1) is 0 Å². The number of phenols is 1. The second-order valence-corrected chi connectivity index (χ2v) is 4.02. The highest BCUT2D eigenvalue weighted by Gasteiger charge is 2.26. The van der Waals surface area contributed by atoms with Gasteiger partial charge in [-0.2, -0.15) is 0 Å². The van der Waals surface area contributed by atoms with Crippen molar-refractivity contribution in [2.24, 2.45) is 0 Å². The van der Waals surface area contributed by atoms with E-state index in [-0.39, 0.29) is 17.3 Å². The first-order chi connectivity index (χ1) is 9.24. The molecule has 0 unspecified atom stereocenters. The maximum absolute atomic E-state index is 12.0. The van der Waals surface area contributed by atoms with E-state index in [0.29, 0.717) is 17.1 Å². The number of allylic oxidation sites excluding steroid dienone is 3. The number of phenolic OH excluding ortho intramolecular Hbond substituents is 1. The van der Waals surface area contributed by atoms with Gasteiger partial charge in [0.05, 0.1) is 11.8 Å². The molecule has 1 aliphatic heterocycles. The Labute approximate surface area is 109 Å². The van der Waals surface area contributed by atoms with Gasteiger partial charge in [0.15, 0.2) is 5.76 Å². The molecular formula is C15H10O4. The summed E-state index contributed by atoms with van der Waals surface area (Å²) in [5.74, 6) is 1.17. The first-order valence-electron chi connectivity index (χ1n) is 5.71. The van der Waals surface area contributed by atoms with Crippen LogP contribution < -0.4 is 4.74 Å². The Kier molecular flexibility index (Phi) is 2.68. The van der Waals surface area contributed by atoms with Gasteiger partial charge in [0.25, 0.3) is 0 Å². The van der Waals surface area contributed by atoms with Gasteiger partial charge in [-0.1, -0.05) is 6.08 Å². The number of rotatable bonds is 2. The van der Waals surface area contributed by atoms with Crippen LogP contribution in [0.4, 0.5) is 0 Å². The summed E-state index contributed by atoms with van der Waals surface area (Å²) in [4.78, 5) is 12.0. The monoisotopic (exact) mass is 254 g/mol. The molecule has 1 aromatic carbocycles. The van der Waals surface area contributed by atoms with E-state index in [0.717, 1.165) is 0 Å². The van der Waals surface area contributed by atoms with Gasteiger partial charge in [0, 0.05) is 6.07 Å². The molecule has 4 nitrogen and oxygen atoms in total. The Morgan fingerprint density at radius 1 is 1.21 bits per heavy atom. The Hall–Kier alpha value is -2.75. The highest BCUT2D eigenvalue weighted by Crippen LogP contribution is 2.33. The van der Waals surface area contributed by atoms with Gasteiger partial charge in [-0.25, -0.2) is 0 Å². The highest BCUT2D eigenvalue weighted by atomic mass is 16.5. The third-order valence-electron chi connectivity index (χ3n) is 2.70. The van der Waals surface area contributed by atoms with E-state index < -0.39 is 0 Å². The SMILES string of the molecule is O=C1/C(=C/C=C/c2ccco2)Oc2cc(O)ccc21. The van der Waals surface area contributed by atoms with E-state index >= 15 is 0 Å². The topological polar surface area (TPSA) is 59.7 Å². The van der Waals surface area contributed by atoms with Crippen LogP contribution in [0.25, 0.3) is 6.08 Å². The van der Waals surface area contributed by atoms with Crippen molar-refractivity contribution in [3.63, 3.8) is 0 Å². The van der Waals surface area contributed by atoms with Crippen LogP contribution in [0.2, 0.25) is 0 Å². The minimum Gasteiger partial charge on any atom is -0.508 e. The maximum atomic E-state index is 12.0. The quantitative estimate of drug-likeness (QED) is 0.836. The fourth-order valence-corrected chi connectivity index (χ4v) is 1.81. The van der Waals surface area contributed by atoms with Gasteiger partial charge in [-0.3, -0.25) is 4.79 Å². The van der Waals surface area contributed by atoms with Crippen molar-refractivity contribution in [3.8, 4) is 11.5 Å². The Morgan fingerprint density at radius 2 is 2.11 bits per heavy atom. The second-order valence-electron chi connectivity index (χ2n) is 4.02. The van der Waals surface area contributed by atoms with Crippen LogP contribution in [-0.2, 0) is 0 Å². The van der Waals surface area contributed by atoms with E-state index in [9.17, 15) is 9.90 Å². The number of furan rings is 1. The molecule has 0 amide bonds. The molecule has 4 heteroatoms. The van der Waals surface area contributed by atoms with Gasteiger partial charge in [-0.05, 0) is 36.4 Å². The Balaban J connectivity index is 1.83. The number of fused-ring (bicyclic) bond motifs is 1. The molecule has 1 N–H and O–H groups in total. The van der Waals surface area contributed by atoms with Gasteiger partial charge in [0.2, 0.25) is 5.78 Å². The van der Waals surface area contributed by atoms with Crippen LogP contribution >= 0.6 is 0 Å². The zero-order valence-corrected chi connectivity index (χ0v) is 9.87. The van der Waals surface area contributed by atoms with Crippen molar-refractivity contribution in [1.82, 2.24) is 0 Å².